The Bertz CT molecular complexity index is 846. The molecule has 0 fully saturated rings. The summed E-state index contributed by atoms with van der Waals surface area (Å²) in [6.07, 6.45) is 0. The van der Waals surface area contributed by atoms with Crippen molar-refractivity contribution in [1.29, 1.82) is 0 Å². The van der Waals surface area contributed by atoms with Crippen molar-refractivity contribution in [2.75, 3.05) is 11.6 Å². The van der Waals surface area contributed by atoms with Crippen LogP contribution in [0.4, 0.5) is 0 Å². The highest BCUT2D eigenvalue weighted by atomic mass is 32.2. The molecule has 0 radical (unpaired) electrons. The summed E-state index contributed by atoms with van der Waals surface area (Å²) in [6, 6.07) is 17.7. The summed E-state index contributed by atoms with van der Waals surface area (Å²) in [5.41, 5.74) is 3.11. The van der Waals surface area contributed by atoms with E-state index in [0.29, 0.717) is 17.5 Å². The van der Waals surface area contributed by atoms with E-state index in [1.807, 2.05) is 61.5 Å². The second-order valence-corrected chi connectivity index (χ2v) is 6.54. The van der Waals surface area contributed by atoms with Gasteiger partial charge in [-0.25, -0.2) is 4.68 Å². The summed E-state index contributed by atoms with van der Waals surface area (Å²) >= 11 is 1.26. The number of nitrogens with zero attached hydrogens (tertiary/aromatic N) is 3. The lowest BCUT2D eigenvalue weighted by atomic mass is 10.1. The Kier molecular flexibility index (Phi) is 5.35. The smallest absolute Gasteiger partial charge is 0.230 e. The zero-order valence-electron chi connectivity index (χ0n) is 13.8. The van der Waals surface area contributed by atoms with E-state index < -0.39 is 0 Å². The number of nitrogen functional groups attached to an aromatic ring is 1. The van der Waals surface area contributed by atoms with Gasteiger partial charge < -0.3 is 11.2 Å². The minimum atomic E-state index is -0.0752. The monoisotopic (exact) mass is 353 g/mol. The highest BCUT2D eigenvalue weighted by Gasteiger charge is 2.13. The lowest BCUT2D eigenvalue weighted by Gasteiger charge is -2.06. The summed E-state index contributed by atoms with van der Waals surface area (Å²) in [6.45, 7) is 2.52. The van der Waals surface area contributed by atoms with Gasteiger partial charge >= 0.3 is 0 Å². The summed E-state index contributed by atoms with van der Waals surface area (Å²) in [5, 5.41) is 11.6. The molecule has 0 saturated carbocycles. The van der Waals surface area contributed by atoms with E-state index in [4.69, 9.17) is 5.84 Å². The number of hydrogen-bond donors (Lipinski definition) is 2. The van der Waals surface area contributed by atoms with E-state index in [-0.39, 0.29) is 11.7 Å². The normalized spacial score (nSPS) is 10.6. The molecule has 3 N–H and O–H groups in total. The number of amides is 1. The molecule has 0 unspecified atom stereocenters. The number of aryl methyl sites for hydroxylation is 1. The van der Waals surface area contributed by atoms with Crippen molar-refractivity contribution < 1.29 is 4.79 Å². The molecule has 1 heterocycles. The van der Waals surface area contributed by atoms with Gasteiger partial charge in [0, 0.05) is 12.1 Å². The summed E-state index contributed by atoms with van der Waals surface area (Å²) in [4.78, 5) is 12.0. The van der Waals surface area contributed by atoms with E-state index in [1.54, 1.807) is 0 Å². The van der Waals surface area contributed by atoms with Crippen LogP contribution in [0.3, 0.4) is 0 Å². The molecule has 1 amide bonds. The van der Waals surface area contributed by atoms with Crippen LogP contribution in [0.5, 0.6) is 0 Å². The Morgan fingerprint density at radius 3 is 2.56 bits per heavy atom. The van der Waals surface area contributed by atoms with E-state index >= 15 is 0 Å². The molecule has 0 spiro atoms. The molecule has 6 nitrogen and oxygen atoms in total. The van der Waals surface area contributed by atoms with Crippen LogP contribution in [0, 0.1) is 6.92 Å². The van der Waals surface area contributed by atoms with Crippen LogP contribution in [-0.4, -0.2) is 26.5 Å². The third kappa shape index (κ3) is 4.39. The van der Waals surface area contributed by atoms with E-state index in [2.05, 4.69) is 15.5 Å². The standard InChI is InChI=1S/C18H19N5OS/c1-13-7-9-15(10-8-13)17-21-22-18(23(17)19)25-12-16(24)20-11-14-5-3-2-4-6-14/h2-10H,11-12,19H2,1H3,(H,20,24). The zero-order chi connectivity index (χ0) is 17.6. The lowest BCUT2D eigenvalue weighted by Crippen LogP contribution is -2.25. The molecule has 0 bridgehead atoms. The van der Waals surface area contributed by atoms with E-state index in [9.17, 15) is 4.79 Å². The first-order valence-electron chi connectivity index (χ1n) is 7.84. The van der Waals surface area contributed by atoms with Crippen LogP contribution in [0.15, 0.2) is 59.8 Å². The maximum atomic E-state index is 12.0. The van der Waals surface area contributed by atoms with Gasteiger partial charge in [-0.05, 0) is 12.5 Å². The van der Waals surface area contributed by atoms with Crippen LogP contribution in [-0.2, 0) is 11.3 Å². The van der Waals surface area contributed by atoms with Gasteiger partial charge in [-0.1, -0.05) is 71.9 Å². The number of thioether (sulfide) groups is 1. The van der Waals surface area contributed by atoms with Crippen molar-refractivity contribution in [3.8, 4) is 11.4 Å². The molecule has 3 rings (SSSR count). The quantitative estimate of drug-likeness (QED) is 0.525. The maximum Gasteiger partial charge on any atom is 0.230 e. The Morgan fingerprint density at radius 2 is 1.84 bits per heavy atom. The van der Waals surface area contributed by atoms with Gasteiger partial charge in [-0.2, -0.15) is 0 Å². The van der Waals surface area contributed by atoms with Crippen molar-refractivity contribution in [2.45, 2.75) is 18.6 Å². The van der Waals surface area contributed by atoms with E-state index in [0.717, 1.165) is 16.7 Å². The fourth-order valence-electron chi connectivity index (χ4n) is 2.25. The number of nitrogens with one attached hydrogen (secondary N) is 1. The van der Waals surface area contributed by atoms with Gasteiger partial charge in [0.15, 0.2) is 5.82 Å². The third-order valence-electron chi connectivity index (χ3n) is 3.64. The van der Waals surface area contributed by atoms with Crippen LogP contribution >= 0.6 is 11.8 Å². The predicted molar refractivity (Wildman–Crippen MR) is 99.4 cm³/mol. The number of hydrogen-bond acceptors (Lipinski definition) is 5. The molecule has 0 atom stereocenters. The van der Waals surface area contributed by atoms with Crippen LogP contribution in [0.1, 0.15) is 11.1 Å². The number of carbonyl (C=O) groups excluding carboxylic acids is 1. The summed E-state index contributed by atoms with van der Waals surface area (Å²) in [7, 11) is 0. The fraction of sp³-hybridized carbons (Fsp3) is 0.167. The second-order valence-electron chi connectivity index (χ2n) is 5.59. The summed E-state index contributed by atoms with van der Waals surface area (Å²) < 4.78 is 1.42. The Hall–Kier alpha value is -2.80. The van der Waals surface area contributed by atoms with Crippen LogP contribution in [0.2, 0.25) is 0 Å². The molecular weight excluding hydrogens is 334 g/mol. The Balaban J connectivity index is 1.56. The van der Waals surface area contributed by atoms with E-state index in [1.165, 1.54) is 16.4 Å². The first kappa shape index (κ1) is 17.0. The van der Waals surface area contributed by atoms with Gasteiger partial charge in [0.05, 0.1) is 5.75 Å². The predicted octanol–water partition coefficient (Wildman–Crippen LogP) is 2.38. The Morgan fingerprint density at radius 1 is 1.12 bits per heavy atom. The van der Waals surface area contributed by atoms with Gasteiger partial charge in [-0.15, -0.1) is 10.2 Å². The van der Waals surface area contributed by atoms with Crippen molar-refractivity contribution in [2.24, 2.45) is 0 Å². The molecule has 3 aromatic rings. The van der Waals surface area contributed by atoms with Crippen molar-refractivity contribution in [1.82, 2.24) is 20.2 Å². The molecule has 0 aliphatic heterocycles. The highest BCUT2D eigenvalue weighted by molar-refractivity contribution is 7.99. The first-order valence-corrected chi connectivity index (χ1v) is 8.83. The molecule has 25 heavy (non-hydrogen) atoms. The number of nitrogens with two attached hydrogens (primary N) is 1. The molecule has 7 heteroatoms. The molecule has 1 aromatic heterocycles. The third-order valence-corrected chi connectivity index (χ3v) is 4.58. The van der Waals surface area contributed by atoms with Gasteiger partial charge in [0.25, 0.3) is 0 Å². The lowest BCUT2D eigenvalue weighted by molar-refractivity contribution is -0.118. The molecule has 0 aliphatic rings. The average Bonchev–Trinajstić information content (AvgIpc) is 3.00. The van der Waals surface area contributed by atoms with Crippen molar-refractivity contribution >= 4 is 17.7 Å². The minimum Gasteiger partial charge on any atom is -0.351 e. The molecular formula is C18H19N5OS. The largest absolute Gasteiger partial charge is 0.351 e. The molecule has 0 aliphatic carbocycles. The van der Waals surface area contributed by atoms with Gasteiger partial charge in [0.1, 0.15) is 0 Å². The van der Waals surface area contributed by atoms with Crippen molar-refractivity contribution in [3.63, 3.8) is 0 Å². The number of rotatable bonds is 6. The first-order chi connectivity index (χ1) is 12.1. The molecule has 2 aromatic carbocycles. The van der Waals surface area contributed by atoms with Gasteiger partial charge in [-0.3, -0.25) is 4.79 Å². The van der Waals surface area contributed by atoms with Crippen LogP contribution < -0.4 is 11.2 Å². The SMILES string of the molecule is Cc1ccc(-c2nnc(SCC(=O)NCc3ccccc3)n2N)cc1. The highest BCUT2D eigenvalue weighted by Crippen LogP contribution is 2.21. The topological polar surface area (TPSA) is 85.8 Å². The maximum absolute atomic E-state index is 12.0. The fourth-order valence-corrected chi connectivity index (χ4v) is 2.94. The number of carbonyl (C=O) groups is 1. The van der Waals surface area contributed by atoms with Gasteiger partial charge in [0.2, 0.25) is 11.1 Å². The Labute approximate surface area is 150 Å². The average molecular weight is 353 g/mol. The number of benzene rings is 2. The van der Waals surface area contributed by atoms with Crippen LogP contribution in [0.25, 0.3) is 11.4 Å². The number of aromatic nitrogens is 3. The van der Waals surface area contributed by atoms with Crippen molar-refractivity contribution in [3.05, 3.63) is 65.7 Å². The molecule has 128 valence electrons. The molecule has 0 saturated heterocycles. The second kappa shape index (κ2) is 7.85. The summed E-state index contributed by atoms with van der Waals surface area (Å²) in [5.74, 6) is 6.80. The minimum absolute atomic E-state index is 0.0752. The zero-order valence-corrected chi connectivity index (χ0v) is 14.7.